The van der Waals surface area contributed by atoms with Crippen molar-refractivity contribution in [1.82, 2.24) is 0 Å². The SMILES string of the molecule is CCOC(=O)C1C2CC(C)=C(C)CC21CC. The second-order valence-corrected chi connectivity index (χ2v) is 5.36. The van der Waals surface area contributed by atoms with Crippen molar-refractivity contribution in [2.45, 2.75) is 47.0 Å². The molecule has 2 heteroatoms. The molecule has 0 aliphatic heterocycles. The fourth-order valence-corrected chi connectivity index (χ4v) is 3.53. The molecule has 3 atom stereocenters. The molecule has 2 aliphatic carbocycles. The highest BCUT2D eigenvalue weighted by Gasteiger charge is 2.67. The van der Waals surface area contributed by atoms with Crippen molar-refractivity contribution >= 4 is 5.97 Å². The first-order valence-corrected chi connectivity index (χ1v) is 6.38. The van der Waals surface area contributed by atoms with E-state index in [1.165, 1.54) is 11.1 Å². The van der Waals surface area contributed by atoms with Crippen molar-refractivity contribution in [2.24, 2.45) is 17.3 Å². The third kappa shape index (κ3) is 1.50. The van der Waals surface area contributed by atoms with E-state index in [4.69, 9.17) is 4.74 Å². The molecule has 3 unspecified atom stereocenters. The van der Waals surface area contributed by atoms with E-state index in [2.05, 4.69) is 20.8 Å². The molecule has 0 spiro atoms. The van der Waals surface area contributed by atoms with Crippen molar-refractivity contribution in [3.63, 3.8) is 0 Å². The van der Waals surface area contributed by atoms with Gasteiger partial charge in [-0.2, -0.15) is 0 Å². The van der Waals surface area contributed by atoms with E-state index in [1.807, 2.05) is 6.92 Å². The molecule has 16 heavy (non-hydrogen) atoms. The van der Waals surface area contributed by atoms with Crippen LogP contribution in [0.5, 0.6) is 0 Å². The molecule has 0 bridgehead atoms. The van der Waals surface area contributed by atoms with Crippen molar-refractivity contribution < 1.29 is 9.53 Å². The van der Waals surface area contributed by atoms with Crippen LogP contribution in [0.15, 0.2) is 11.1 Å². The van der Waals surface area contributed by atoms with Crippen LogP contribution < -0.4 is 0 Å². The molecule has 0 aromatic carbocycles. The van der Waals surface area contributed by atoms with E-state index in [0.717, 1.165) is 19.3 Å². The van der Waals surface area contributed by atoms with E-state index < -0.39 is 0 Å². The maximum absolute atomic E-state index is 11.9. The van der Waals surface area contributed by atoms with Gasteiger partial charge in [0, 0.05) is 0 Å². The average Bonchev–Trinajstić information content (AvgIpc) is 2.87. The predicted octanol–water partition coefficient (Wildman–Crippen LogP) is 3.32. The largest absolute Gasteiger partial charge is 0.466 e. The molecule has 0 heterocycles. The van der Waals surface area contributed by atoms with Crippen LogP contribution in [0.1, 0.15) is 47.0 Å². The Morgan fingerprint density at radius 2 is 2.06 bits per heavy atom. The summed E-state index contributed by atoms with van der Waals surface area (Å²) in [6.07, 6.45) is 3.30. The summed E-state index contributed by atoms with van der Waals surface area (Å²) in [4.78, 5) is 11.9. The second-order valence-electron chi connectivity index (χ2n) is 5.36. The van der Waals surface area contributed by atoms with Gasteiger partial charge >= 0.3 is 5.97 Å². The summed E-state index contributed by atoms with van der Waals surface area (Å²) in [5.41, 5.74) is 3.22. The van der Waals surface area contributed by atoms with Crippen molar-refractivity contribution in [1.29, 1.82) is 0 Å². The van der Waals surface area contributed by atoms with Crippen molar-refractivity contribution in [3.8, 4) is 0 Å². The minimum Gasteiger partial charge on any atom is -0.466 e. The van der Waals surface area contributed by atoms with Crippen LogP contribution in [0.25, 0.3) is 0 Å². The Labute approximate surface area is 98.1 Å². The molecule has 0 radical (unpaired) electrons. The monoisotopic (exact) mass is 222 g/mol. The number of carbonyl (C=O) groups is 1. The molecular weight excluding hydrogens is 200 g/mol. The summed E-state index contributed by atoms with van der Waals surface area (Å²) < 4.78 is 5.20. The van der Waals surface area contributed by atoms with Gasteiger partial charge in [-0.15, -0.1) is 0 Å². The second kappa shape index (κ2) is 3.90. The average molecular weight is 222 g/mol. The molecular formula is C14H22O2. The molecule has 0 N–H and O–H groups in total. The Morgan fingerprint density at radius 1 is 1.38 bits per heavy atom. The third-order valence-electron chi connectivity index (χ3n) is 4.70. The van der Waals surface area contributed by atoms with Gasteiger partial charge in [0.05, 0.1) is 12.5 Å². The van der Waals surface area contributed by atoms with Crippen LogP contribution in [0.2, 0.25) is 0 Å². The van der Waals surface area contributed by atoms with E-state index >= 15 is 0 Å². The zero-order chi connectivity index (χ0) is 11.9. The van der Waals surface area contributed by atoms with Gasteiger partial charge in [-0.05, 0) is 51.4 Å². The van der Waals surface area contributed by atoms with Gasteiger partial charge in [0.15, 0.2) is 0 Å². The Kier molecular flexibility index (Phi) is 2.85. The molecule has 0 saturated heterocycles. The number of esters is 1. The number of hydrogen-bond donors (Lipinski definition) is 0. The zero-order valence-corrected chi connectivity index (χ0v) is 10.8. The van der Waals surface area contributed by atoms with E-state index in [0.29, 0.717) is 12.5 Å². The zero-order valence-electron chi connectivity index (χ0n) is 10.8. The minimum atomic E-state index is 0.0388. The maximum Gasteiger partial charge on any atom is 0.309 e. The molecule has 0 aromatic rings. The van der Waals surface area contributed by atoms with Crippen molar-refractivity contribution in [3.05, 3.63) is 11.1 Å². The fourth-order valence-electron chi connectivity index (χ4n) is 3.53. The highest BCUT2D eigenvalue weighted by molar-refractivity contribution is 5.78. The number of ether oxygens (including phenoxy) is 1. The van der Waals surface area contributed by atoms with E-state index in [1.54, 1.807) is 0 Å². The number of fused-ring (bicyclic) bond motifs is 1. The van der Waals surface area contributed by atoms with Gasteiger partial charge in [0.2, 0.25) is 0 Å². The predicted molar refractivity (Wildman–Crippen MR) is 63.9 cm³/mol. The Hall–Kier alpha value is -0.790. The number of allylic oxidation sites excluding steroid dienone is 2. The molecule has 2 nitrogen and oxygen atoms in total. The first-order valence-electron chi connectivity index (χ1n) is 6.38. The molecule has 1 saturated carbocycles. The highest BCUT2D eigenvalue weighted by atomic mass is 16.5. The molecule has 2 aliphatic rings. The lowest BCUT2D eigenvalue weighted by atomic mass is 9.82. The maximum atomic E-state index is 11.9. The molecule has 0 amide bonds. The Balaban J connectivity index is 2.15. The molecule has 0 aromatic heterocycles. The van der Waals surface area contributed by atoms with E-state index in [-0.39, 0.29) is 17.3 Å². The van der Waals surface area contributed by atoms with Crippen LogP contribution in [0.3, 0.4) is 0 Å². The number of rotatable bonds is 3. The van der Waals surface area contributed by atoms with Crippen LogP contribution >= 0.6 is 0 Å². The van der Waals surface area contributed by atoms with Crippen LogP contribution in [0, 0.1) is 17.3 Å². The van der Waals surface area contributed by atoms with Crippen LogP contribution in [-0.2, 0) is 9.53 Å². The van der Waals surface area contributed by atoms with Crippen molar-refractivity contribution in [2.75, 3.05) is 6.61 Å². The standard InChI is InChI=1S/C14H22O2/c1-5-14-8-10(4)9(3)7-11(14)12(14)13(15)16-6-2/h11-12H,5-8H2,1-4H3. The summed E-state index contributed by atoms with van der Waals surface area (Å²) >= 11 is 0. The summed E-state index contributed by atoms with van der Waals surface area (Å²) in [5.74, 6) is 0.766. The Bertz CT molecular complexity index is 343. The quantitative estimate of drug-likeness (QED) is 0.541. The third-order valence-corrected chi connectivity index (χ3v) is 4.70. The van der Waals surface area contributed by atoms with Crippen LogP contribution in [-0.4, -0.2) is 12.6 Å². The highest BCUT2D eigenvalue weighted by Crippen LogP contribution is 2.69. The summed E-state index contributed by atoms with van der Waals surface area (Å²) in [5, 5.41) is 0. The fraction of sp³-hybridized carbons (Fsp3) is 0.786. The van der Waals surface area contributed by atoms with Gasteiger partial charge in [0.1, 0.15) is 0 Å². The number of hydrogen-bond acceptors (Lipinski definition) is 2. The molecule has 90 valence electrons. The first-order chi connectivity index (χ1) is 7.56. The van der Waals surface area contributed by atoms with Gasteiger partial charge in [-0.1, -0.05) is 18.1 Å². The normalized spacial score (nSPS) is 37.0. The number of carbonyl (C=O) groups excluding carboxylic acids is 1. The van der Waals surface area contributed by atoms with Gasteiger partial charge in [-0.3, -0.25) is 4.79 Å². The molecule has 2 rings (SSSR count). The van der Waals surface area contributed by atoms with Gasteiger partial charge in [0.25, 0.3) is 0 Å². The first kappa shape index (κ1) is 11.7. The van der Waals surface area contributed by atoms with Crippen LogP contribution in [0.4, 0.5) is 0 Å². The summed E-state index contributed by atoms with van der Waals surface area (Å²) in [6, 6.07) is 0. The van der Waals surface area contributed by atoms with E-state index in [9.17, 15) is 4.79 Å². The molecule has 1 fully saturated rings. The lowest BCUT2D eigenvalue weighted by Crippen LogP contribution is -2.14. The van der Waals surface area contributed by atoms with Gasteiger partial charge < -0.3 is 4.74 Å². The lowest BCUT2D eigenvalue weighted by Gasteiger charge is -2.22. The van der Waals surface area contributed by atoms with Gasteiger partial charge in [-0.25, -0.2) is 0 Å². The smallest absolute Gasteiger partial charge is 0.309 e. The minimum absolute atomic E-state index is 0.0388. The Morgan fingerprint density at radius 3 is 2.62 bits per heavy atom. The topological polar surface area (TPSA) is 26.3 Å². The lowest BCUT2D eigenvalue weighted by molar-refractivity contribution is -0.145. The summed E-state index contributed by atoms with van der Waals surface area (Å²) in [7, 11) is 0. The summed E-state index contributed by atoms with van der Waals surface area (Å²) in [6.45, 7) is 9.02.